The lowest BCUT2D eigenvalue weighted by atomic mass is 10.0. The summed E-state index contributed by atoms with van der Waals surface area (Å²) in [5, 5.41) is 9.04. The quantitative estimate of drug-likeness (QED) is 0.790. The Bertz CT molecular complexity index is 765. The maximum Gasteiger partial charge on any atom is 0.310 e. The number of benzene rings is 1. The van der Waals surface area contributed by atoms with Crippen LogP contribution in [0.15, 0.2) is 47.1 Å². The molecule has 0 aliphatic rings. The average molecular weight is 268 g/mol. The SMILES string of the molecule is CC(C(=O)O)c1ccc2oc(-c3cccnc3)nc2c1. The van der Waals surface area contributed by atoms with Crippen molar-refractivity contribution in [3.8, 4) is 11.5 Å². The summed E-state index contributed by atoms with van der Waals surface area (Å²) >= 11 is 0. The number of rotatable bonds is 3. The first-order chi connectivity index (χ1) is 9.65. The van der Waals surface area contributed by atoms with Crippen molar-refractivity contribution < 1.29 is 14.3 Å². The van der Waals surface area contributed by atoms with E-state index < -0.39 is 11.9 Å². The summed E-state index contributed by atoms with van der Waals surface area (Å²) in [6.07, 6.45) is 3.35. The molecule has 0 spiro atoms. The number of fused-ring (bicyclic) bond motifs is 1. The predicted octanol–water partition coefficient (Wildman–Crippen LogP) is 3.08. The third-order valence-corrected chi connectivity index (χ3v) is 3.19. The molecule has 20 heavy (non-hydrogen) atoms. The van der Waals surface area contributed by atoms with Gasteiger partial charge < -0.3 is 9.52 Å². The van der Waals surface area contributed by atoms with E-state index in [4.69, 9.17) is 9.52 Å². The third-order valence-electron chi connectivity index (χ3n) is 3.19. The first-order valence-electron chi connectivity index (χ1n) is 6.19. The van der Waals surface area contributed by atoms with Crippen molar-refractivity contribution in [1.29, 1.82) is 0 Å². The van der Waals surface area contributed by atoms with Gasteiger partial charge >= 0.3 is 5.97 Å². The number of hydrogen-bond acceptors (Lipinski definition) is 4. The fourth-order valence-corrected chi connectivity index (χ4v) is 1.97. The summed E-state index contributed by atoms with van der Waals surface area (Å²) in [7, 11) is 0. The fraction of sp³-hybridized carbons (Fsp3) is 0.133. The highest BCUT2D eigenvalue weighted by Crippen LogP contribution is 2.26. The molecule has 0 fully saturated rings. The Balaban J connectivity index is 2.06. The number of aromatic nitrogens is 2. The van der Waals surface area contributed by atoms with Crippen LogP contribution in [0.5, 0.6) is 0 Å². The number of aliphatic carboxylic acids is 1. The minimum Gasteiger partial charge on any atom is -0.481 e. The third kappa shape index (κ3) is 2.14. The largest absolute Gasteiger partial charge is 0.481 e. The molecule has 0 radical (unpaired) electrons. The molecule has 3 aromatic rings. The van der Waals surface area contributed by atoms with E-state index in [2.05, 4.69) is 9.97 Å². The van der Waals surface area contributed by atoms with Crippen LogP contribution in [-0.2, 0) is 4.79 Å². The van der Waals surface area contributed by atoms with Crippen LogP contribution < -0.4 is 0 Å². The van der Waals surface area contributed by atoms with Gasteiger partial charge in [0.25, 0.3) is 0 Å². The number of carbonyl (C=O) groups is 1. The number of nitrogens with zero attached hydrogens (tertiary/aromatic N) is 2. The molecule has 0 bridgehead atoms. The van der Waals surface area contributed by atoms with E-state index in [1.807, 2.05) is 12.1 Å². The molecule has 2 heterocycles. The highest BCUT2D eigenvalue weighted by Gasteiger charge is 2.16. The zero-order chi connectivity index (χ0) is 14.1. The highest BCUT2D eigenvalue weighted by atomic mass is 16.4. The van der Waals surface area contributed by atoms with Gasteiger partial charge in [-0.15, -0.1) is 0 Å². The van der Waals surface area contributed by atoms with Gasteiger partial charge in [0, 0.05) is 12.4 Å². The Morgan fingerprint density at radius 2 is 2.20 bits per heavy atom. The molecule has 0 saturated carbocycles. The summed E-state index contributed by atoms with van der Waals surface area (Å²) in [4.78, 5) is 19.4. The van der Waals surface area contributed by atoms with Gasteiger partial charge in [-0.25, -0.2) is 4.98 Å². The van der Waals surface area contributed by atoms with Crippen molar-refractivity contribution in [2.45, 2.75) is 12.8 Å². The maximum atomic E-state index is 11.0. The standard InChI is InChI=1S/C15H12N2O3/c1-9(15(18)19)10-4-5-13-12(7-10)17-14(20-13)11-3-2-6-16-8-11/h2-9H,1H3,(H,18,19). The monoisotopic (exact) mass is 268 g/mol. The van der Waals surface area contributed by atoms with Crippen LogP contribution in [0.2, 0.25) is 0 Å². The molecular weight excluding hydrogens is 256 g/mol. The van der Waals surface area contributed by atoms with Gasteiger partial charge in [-0.2, -0.15) is 0 Å². The fourth-order valence-electron chi connectivity index (χ4n) is 1.97. The Hall–Kier alpha value is -2.69. The van der Waals surface area contributed by atoms with E-state index in [0.29, 0.717) is 22.6 Å². The summed E-state index contributed by atoms with van der Waals surface area (Å²) in [6.45, 7) is 1.64. The molecule has 1 N–H and O–H groups in total. The van der Waals surface area contributed by atoms with Crippen LogP contribution >= 0.6 is 0 Å². The molecule has 5 heteroatoms. The molecule has 0 amide bonds. The van der Waals surface area contributed by atoms with Crippen LogP contribution in [0.3, 0.4) is 0 Å². The minimum atomic E-state index is -0.861. The van der Waals surface area contributed by atoms with E-state index in [-0.39, 0.29) is 0 Å². The van der Waals surface area contributed by atoms with Crippen LogP contribution in [0.4, 0.5) is 0 Å². The van der Waals surface area contributed by atoms with Gasteiger partial charge in [0.1, 0.15) is 5.52 Å². The van der Waals surface area contributed by atoms with Crippen LogP contribution in [0.25, 0.3) is 22.6 Å². The normalized spacial score (nSPS) is 12.4. The maximum absolute atomic E-state index is 11.0. The van der Waals surface area contributed by atoms with Gasteiger partial charge in [0.05, 0.1) is 11.5 Å². The Morgan fingerprint density at radius 1 is 1.35 bits per heavy atom. The second kappa shape index (κ2) is 4.77. The lowest BCUT2D eigenvalue weighted by molar-refractivity contribution is -0.138. The van der Waals surface area contributed by atoms with Crippen molar-refractivity contribution in [3.05, 3.63) is 48.3 Å². The predicted molar refractivity (Wildman–Crippen MR) is 73.3 cm³/mol. The van der Waals surface area contributed by atoms with E-state index in [1.165, 1.54) is 0 Å². The molecule has 1 atom stereocenters. The Morgan fingerprint density at radius 3 is 2.90 bits per heavy atom. The summed E-state index contributed by atoms with van der Waals surface area (Å²) in [5.41, 5.74) is 2.77. The molecule has 1 aromatic carbocycles. The smallest absolute Gasteiger partial charge is 0.310 e. The molecule has 0 aliphatic carbocycles. The summed E-state index contributed by atoms with van der Waals surface area (Å²) in [5.74, 6) is -0.952. The Labute approximate surface area is 114 Å². The number of carboxylic acids is 1. The molecule has 0 saturated heterocycles. The second-order valence-corrected chi connectivity index (χ2v) is 4.55. The minimum absolute atomic E-state index is 0.480. The molecule has 5 nitrogen and oxygen atoms in total. The molecule has 100 valence electrons. The van der Waals surface area contributed by atoms with Crippen molar-refractivity contribution in [2.24, 2.45) is 0 Å². The van der Waals surface area contributed by atoms with E-state index in [0.717, 1.165) is 5.56 Å². The van der Waals surface area contributed by atoms with Crippen molar-refractivity contribution in [1.82, 2.24) is 9.97 Å². The topological polar surface area (TPSA) is 76.2 Å². The average Bonchev–Trinajstić information content (AvgIpc) is 2.90. The zero-order valence-electron chi connectivity index (χ0n) is 10.8. The van der Waals surface area contributed by atoms with Crippen LogP contribution in [-0.4, -0.2) is 21.0 Å². The first kappa shape index (κ1) is 12.3. The highest BCUT2D eigenvalue weighted by molar-refractivity contribution is 5.81. The summed E-state index contributed by atoms with van der Waals surface area (Å²) in [6, 6.07) is 8.91. The summed E-state index contributed by atoms with van der Waals surface area (Å²) < 4.78 is 5.65. The molecule has 1 unspecified atom stereocenters. The lowest BCUT2D eigenvalue weighted by Crippen LogP contribution is -2.06. The number of carboxylic acid groups (broad SMARTS) is 1. The van der Waals surface area contributed by atoms with Gasteiger partial charge in [-0.3, -0.25) is 9.78 Å². The van der Waals surface area contributed by atoms with Crippen LogP contribution in [0.1, 0.15) is 18.4 Å². The molecule has 3 rings (SSSR count). The van der Waals surface area contributed by atoms with Crippen molar-refractivity contribution in [3.63, 3.8) is 0 Å². The number of oxazole rings is 1. The molecular formula is C15H12N2O3. The van der Waals surface area contributed by atoms with E-state index in [9.17, 15) is 4.79 Å². The molecule has 2 aromatic heterocycles. The van der Waals surface area contributed by atoms with Crippen LogP contribution in [0, 0.1) is 0 Å². The zero-order valence-corrected chi connectivity index (χ0v) is 10.8. The lowest BCUT2D eigenvalue weighted by Gasteiger charge is -2.04. The molecule has 0 aliphatic heterocycles. The van der Waals surface area contributed by atoms with Gasteiger partial charge in [0.15, 0.2) is 5.58 Å². The van der Waals surface area contributed by atoms with Crippen molar-refractivity contribution in [2.75, 3.05) is 0 Å². The van der Waals surface area contributed by atoms with Crippen molar-refractivity contribution >= 4 is 17.1 Å². The first-order valence-corrected chi connectivity index (χ1v) is 6.19. The Kier molecular flexibility index (Phi) is 2.95. The van der Waals surface area contributed by atoms with Gasteiger partial charge in [-0.1, -0.05) is 6.07 Å². The van der Waals surface area contributed by atoms with Gasteiger partial charge in [-0.05, 0) is 36.8 Å². The van der Waals surface area contributed by atoms with E-state index in [1.54, 1.807) is 37.5 Å². The van der Waals surface area contributed by atoms with E-state index >= 15 is 0 Å². The second-order valence-electron chi connectivity index (χ2n) is 4.55. The number of hydrogen-bond donors (Lipinski definition) is 1. The van der Waals surface area contributed by atoms with Gasteiger partial charge in [0.2, 0.25) is 5.89 Å². The number of pyridine rings is 1.